The standard InChI is InChI=1S/C13H18N2O/c1-3-4-7-13(16)15-10-9-14-8-5-6-12(14)11(15)2/h4-8,11H,3,9-10H2,1-2H3/b7-4+/t11-/m1/s1. The van der Waals surface area contributed by atoms with Crippen LogP contribution in [0.4, 0.5) is 0 Å². The van der Waals surface area contributed by atoms with Crippen LogP contribution in [0.25, 0.3) is 0 Å². The average Bonchev–Trinajstić information content (AvgIpc) is 2.75. The summed E-state index contributed by atoms with van der Waals surface area (Å²) >= 11 is 0. The van der Waals surface area contributed by atoms with E-state index in [-0.39, 0.29) is 11.9 Å². The Hall–Kier alpha value is -1.51. The lowest BCUT2D eigenvalue weighted by Gasteiger charge is -2.34. The highest BCUT2D eigenvalue weighted by atomic mass is 16.2. The number of fused-ring (bicyclic) bond motifs is 1. The second kappa shape index (κ2) is 4.56. The summed E-state index contributed by atoms with van der Waals surface area (Å²) in [6.45, 7) is 5.82. The number of allylic oxidation sites excluding steroid dienone is 1. The van der Waals surface area contributed by atoms with Crippen molar-refractivity contribution in [1.29, 1.82) is 0 Å². The van der Waals surface area contributed by atoms with E-state index in [1.165, 1.54) is 5.69 Å². The van der Waals surface area contributed by atoms with E-state index >= 15 is 0 Å². The highest BCUT2D eigenvalue weighted by molar-refractivity contribution is 5.87. The van der Waals surface area contributed by atoms with Crippen LogP contribution in [0.15, 0.2) is 30.5 Å². The Morgan fingerprint density at radius 1 is 1.56 bits per heavy atom. The number of rotatable bonds is 2. The molecule has 0 radical (unpaired) electrons. The molecule has 0 spiro atoms. The molecule has 0 saturated carbocycles. The minimum absolute atomic E-state index is 0.127. The van der Waals surface area contributed by atoms with E-state index in [1.807, 2.05) is 24.0 Å². The molecular formula is C13H18N2O. The van der Waals surface area contributed by atoms with Gasteiger partial charge in [0.05, 0.1) is 6.04 Å². The van der Waals surface area contributed by atoms with Gasteiger partial charge in [-0.05, 0) is 31.6 Å². The number of carbonyl (C=O) groups is 1. The molecule has 0 unspecified atom stereocenters. The maximum atomic E-state index is 11.9. The van der Waals surface area contributed by atoms with Crippen molar-refractivity contribution in [3.05, 3.63) is 36.2 Å². The Morgan fingerprint density at radius 2 is 2.38 bits per heavy atom. The van der Waals surface area contributed by atoms with E-state index in [0.717, 1.165) is 19.5 Å². The van der Waals surface area contributed by atoms with Gasteiger partial charge >= 0.3 is 0 Å². The average molecular weight is 218 g/mol. The van der Waals surface area contributed by atoms with E-state index < -0.39 is 0 Å². The first-order valence-corrected chi connectivity index (χ1v) is 5.86. The number of carbonyl (C=O) groups excluding carboxylic acids is 1. The quantitative estimate of drug-likeness (QED) is 0.699. The van der Waals surface area contributed by atoms with Gasteiger partial charge in [-0.3, -0.25) is 4.79 Å². The van der Waals surface area contributed by atoms with Crippen LogP contribution in [0.5, 0.6) is 0 Å². The molecule has 0 fully saturated rings. The maximum absolute atomic E-state index is 11.9. The normalized spacial score (nSPS) is 20.1. The first-order valence-electron chi connectivity index (χ1n) is 5.86. The molecule has 1 aromatic heterocycles. The second-order valence-corrected chi connectivity index (χ2v) is 4.14. The molecule has 3 heteroatoms. The van der Waals surface area contributed by atoms with Crippen molar-refractivity contribution in [2.24, 2.45) is 0 Å². The number of amides is 1. The Morgan fingerprint density at radius 3 is 3.12 bits per heavy atom. The third-order valence-corrected chi connectivity index (χ3v) is 3.12. The molecule has 0 aromatic carbocycles. The van der Waals surface area contributed by atoms with Gasteiger partial charge in [-0.2, -0.15) is 0 Å². The first-order chi connectivity index (χ1) is 7.74. The minimum atomic E-state index is 0.127. The SMILES string of the molecule is CC/C=C/C(=O)N1CCn2cccc2[C@H]1C. The fourth-order valence-electron chi connectivity index (χ4n) is 2.19. The number of aromatic nitrogens is 1. The van der Waals surface area contributed by atoms with Crippen molar-refractivity contribution in [2.75, 3.05) is 6.54 Å². The van der Waals surface area contributed by atoms with E-state index in [4.69, 9.17) is 0 Å². The fraction of sp³-hybridized carbons (Fsp3) is 0.462. The van der Waals surface area contributed by atoms with Crippen molar-refractivity contribution in [3.63, 3.8) is 0 Å². The third kappa shape index (κ3) is 1.90. The number of hydrogen-bond donors (Lipinski definition) is 0. The van der Waals surface area contributed by atoms with Crippen LogP contribution in [0.2, 0.25) is 0 Å². The van der Waals surface area contributed by atoms with Gasteiger partial charge in [-0.25, -0.2) is 0 Å². The third-order valence-electron chi connectivity index (χ3n) is 3.12. The van der Waals surface area contributed by atoms with Gasteiger partial charge in [0.1, 0.15) is 0 Å². The van der Waals surface area contributed by atoms with Gasteiger partial charge in [0.15, 0.2) is 0 Å². The molecule has 0 N–H and O–H groups in total. The molecule has 86 valence electrons. The Bertz CT molecular complexity index is 406. The van der Waals surface area contributed by atoms with E-state index in [9.17, 15) is 4.79 Å². The van der Waals surface area contributed by atoms with Crippen molar-refractivity contribution >= 4 is 5.91 Å². The highest BCUT2D eigenvalue weighted by Gasteiger charge is 2.25. The van der Waals surface area contributed by atoms with Crippen LogP contribution < -0.4 is 0 Å². The maximum Gasteiger partial charge on any atom is 0.246 e. The van der Waals surface area contributed by atoms with Crippen LogP contribution in [-0.2, 0) is 11.3 Å². The summed E-state index contributed by atoms with van der Waals surface area (Å²) in [6, 6.07) is 4.31. The molecule has 0 bridgehead atoms. The molecule has 1 aromatic rings. The molecule has 1 atom stereocenters. The summed E-state index contributed by atoms with van der Waals surface area (Å²) in [4.78, 5) is 13.9. The first kappa shape index (κ1) is 11.0. The van der Waals surface area contributed by atoms with Crippen LogP contribution in [-0.4, -0.2) is 21.9 Å². The minimum Gasteiger partial charge on any atom is -0.348 e. The molecule has 16 heavy (non-hydrogen) atoms. The molecule has 0 saturated heterocycles. The summed E-state index contributed by atoms with van der Waals surface area (Å²) < 4.78 is 2.22. The summed E-state index contributed by atoms with van der Waals surface area (Å²) in [7, 11) is 0. The monoisotopic (exact) mass is 218 g/mol. The number of hydrogen-bond acceptors (Lipinski definition) is 1. The largest absolute Gasteiger partial charge is 0.348 e. The van der Waals surface area contributed by atoms with Crippen LogP contribution >= 0.6 is 0 Å². The van der Waals surface area contributed by atoms with E-state index in [1.54, 1.807) is 6.08 Å². The topological polar surface area (TPSA) is 25.2 Å². The van der Waals surface area contributed by atoms with Gasteiger partial charge in [-0.15, -0.1) is 0 Å². The summed E-state index contributed by atoms with van der Waals surface area (Å²) in [5.74, 6) is 0.127. The lowest BCUT2D eigenvalue weighted by Crippen LogP contribution is -2.39. The highest BCUT2D eigenvalue weighted by Crippen LogP contribution is 2.25. The van der Waals surface area contributed by atoms with Gasteiger partial charge in [0, 0.05) is 25.0 Å². The van der Waals surface area contributed by atoms with E-state index in [2.05, 4.69) is 23.8 Å². The van der Waals surface area contributed by atoms with Crippen LogP contribution in [0.1, 0.15) is 32.0 Å². The lowest BCUT2D eigenvalue weighted by molar-refractivity contribution is -0.129. The van der Waals surface area contributed by atoms with Gasteiger partial charge in [0.25, 0.3) is 0 Å². The van der Waals surface area contributed by atoms with Crippen molar-refractivity contribution in [1.82, 2.24) is 9.47 Å². The van der Waals surface area contributed by atoms with Crippen molar-refractivity contribution in [2.45, 2.75) is 32.9 Å². The van der Waals surface area contributed by atoms with Crippen LogP contribution in [0, 0.1) is 0 Å². The lowest BCUT2D eigenvalue weighted by atomic mass is 10.1. The molecule has 1 aliphatic rings. The zero-order valence-electron chi connectivity index (χ0n) is 9.89. The van der Waals surface area contributed by atoms with Gasteiger partial charge < -0.3 is 9.47 Å². The predicted molar refractivity (Wildman–Crippen MR) is 64.0 cm³/mol. The smallest absolute Gasteiger partial charge is 0.246 e. The van der Waals surface area contributed by atoms with Crippen LogP contribution in [0.3, 0.4) is 0 Å². The summed E-state index contributed by atoms with van der Waals surface area (Å²) in [5, 5.41) is 0. The summed E-state index contributed by atoms with van der Waals surface area (Å²) in [6.07, 6.45) is 6.59. The zero-order chi connectivity index (χ0) is 11.5. The van der Waals surface area contributed by atoms with Gasteiger partial charge in [0.2, 0.25) is 5.91 Å². The van der Waals surface area contributed by atoms with Crippen molar-refractivity contribution in [3.8, 4) is 0 Å². The fourth-order valence-corrected chi connectivity index (χ4v) is 2.19. The Balaban J connectivity index is 2.15. The molecule has 1 amide bonds. The molecule has 3 nitrogen and oxygen atoms in total. The summed E-state index contributed by atoms with van der Waals surface area (Å²) in [5.41, 5.74) is 1.23. The van der Waals surface area contributed by atoms with Crippen molar-refractivity contribution < 1.29 is 4.79 Å². The second-order valence-electron chi connectivity index (χ2n) is 4.14. The molecule has 2 heterocycles. The Kier molecular flexibility index (Phi) is 3.13. The van der Waals surface area contributed by atoms with Gasteiger partial charge in [-0.1, -0.05) is 13.0 Å². The van der Waals surface area contributed by atoms with E-state index in [0.29, 0.717) is 0 Å². The predicted octanol–water partition coefficient (Wildman–Crippen LogP) is 2.36. The molecular weight excluding hydrogens is 200 g/mol. The zero-order valence-corrected chi connectivity index (χ0v) is 9.89. The number of nitrogens with zero attached hydrogens (tertiary/aromatic N) is 2. The molecule has 0 aliphatic carbocycles. The Labute approximate surface area is 96.4 Å². The molecule has 2 rings (SSSR count). The molecule has 1 aliphatic heterocycles.